The van der Waals surface area contributed by atoms with Gasteiger partial charge in [-0.05, 0) is 56.4 Å². The molecule has 0 spiro atoms. The van der Waals surface area contributed by atoms with E-state index in [1.165, 1.54) is 37.8 Å². The van der Waals surface area contributed by atoms with Crippen molar-refractivity contribution >= 4 is 0 Å². The van der Waals surface area contributed by atoms with Gasteiger partial charge in [0.1, 0.15) is 0 Å². The van der Waals surface area contributed by atoms with Crippen LogP contribution in [0.15, 0.2) is 24.3 Å². The van der Waals surface area contributed by atoms with Crippen molar-refractivity contribution in [2.45, 2.75) is 58.5 Å². The molecule has 0 aliphatic heterocycles. The Hall–Kier alpha value is -0.860. The number of hydrogen-bond donors (Lipinski definition) is 1. The Kier molecular flexibility index (Phi) is 6.06. The van der Waals surface area contributed by atoms with Crippen LogP contribution in [0.1, 0.15) is 57.2 Å². The highest BCUT2D eigenvalue weighted by Crippen LogP contribution is 2.33. The van der Waals surface area contributed by atoms with Crippen molar-refractivity contribution in [1.29, 1.82) is 0 Å². The third kappa shape index (κ3) is 3.42. The molecule has 1 N–H and O–H groups in total. The van der Waals surface area contributed by atoms with Gasteiger partial charge < -0.3 is 5.32 Å². The zero-order valence-electron chi connectivity index (χ0n) is 13.4. The molecule has 0 heterocycles. The van der Waals surface area contributed by atoms with Gasteiger partial charge in [0.2, 0.25) is 0 Å². The molecule has 0 amide bonds. The van der Waals surface area contributed by atoms with Gasteiger partial charge >= 0.3 is 0 Å². The van der Waals surface area contributed by atoms with E-state index in [0.717, 1.165) is 13.1 Å². The van der Waals surface area contributed by atoms with Gasteiger partial charge in [-0.2, -0.15) is 0 Å². The topological polar surface area (TPSA) is 15.3 Å². The molecule has 2 atom stereocenters. The lowest BCUT2D eigenvalue weighted by molar-refractivity contribution is 0.147. The molecule has 0 saturated heterocycles. The van der Waals surface area contributed by atoms with Crippen molar-refractivity contribution in [3.05, 3.63) is 35.4 Å². The Balaban J connectivity index is 2.23. The summed E-state index contributed by atoms with van der Waals surface area (Å²) in [5, 5.41) is 3.81. The van der Waals surface area contributed by atoms with E-state index in [9.17, 15) is 0 Å². The average molecular weight is 274 g/mol. The van der Waals surface area contributed by atoms with Crippen LogP contribution < -0.4 is 5.32 Å². The van der Waals surface area contributed by atoms with Crippen LogP contribution in [-0.2, 0) is 6.42 Å². The molecule has 1 aromatic carbocycles. The van der Waals surface area contributed by atoms with Gasteiger partial charge in [-0.15, -0.1) is 0 Å². The molecular formula is C18H30N2. The fourth-order valence-corrected chi connectivity index (χ4v) is 3.53. The summed E-state index contributed by atoms with van der Waals surface area (Å²) in [5.41, 5.74) is 3.08. The minimum Gasteiger partial charge on any atom is -0.309 e. The highest BCUT2D eigenvalue weighted by molar-refractivity contribution is 5.34. The number of hydrogen-bond acceptors (Lipinski definition) is 2. The molecule has 0 saturated carbocycles. The molecule has 0 fully saturated rings. The fraction of sp³-hybridized carbons (Fsp3) is 0.667. The fourth-order valence-electron chi connectivity index (χ4n) is 3.53. The Morgan fingerprint density at radius 1 is 1.15 bits per heavy atom. The minimum atomic E-state index is 0.506. The summed E-state index contributed by atoms with van der Waals surface area (Å²) < 4.78 is 0. The first kappa shape index (κ1) is 15.5. The van der Waals surface area contributed by atoms with Crippen LogP contribution in [0.5, 0.6) is 0 Å². The standard InChI is InChI=1S/C18H30N2/c1-4-13-19-18-16-10-8-7-9-15(16)11-12-17(18)20(6-3)14-5-2/h7-10,17-19H,4-6,11-14H2,1-3H3. The number of likely N-dealkylation sites (N-methyl/N-ethyl adjacent to an activating group) is 1. The molecular weight excluding hydrogens is 244 g/mol. The third-order valence-corrected chi connectivity index (χ3v) is 4.48. The molecule has 0 bridgehead atoms. The maximum Gasteiger partial charge on any atom is 0.0481 e. The van der Waals surface area contributed by atoms with Crippen LogP contribution in [0.2, 0.25) is 0 Å². The molecule has 2 rings (SSSR count). The second-order valence-electron chi connectivity index (χ2n) is 5.87. The first-order chi connectivity index (χ1) is 9.81. The van der Waals surface area contributed by atoms with Gasteiger partial charge in [0.05, 0.1) is 0 Å². The van der Waals surface area contributed by atoms with Crippen LogP contribution in [-0.4, -0.2) is 30.6 Å². The smallest absolute Gasteiger partial charge is 0.0481 e. The zero-order chi connectivity index (χ0) is 14.4. The van der Waals surface area contributed by atoms with Crippen molar-refractivity contribution < 1.29 is 0 Å². The normalized spacial score (nSPS) is 22.0. The number of fused-ring (bicyclic) bond motifs is 1. The van der Waals surface area contributed by atoms with E-state index >= 15 is 0 Å². The molecule has 0 radical (unpaired) electrons. The van der Waals surface area contributed by atoms with E-state index in [2.05, 4.69) is 55.3 Å². The minimum absolute atomic E-state index is 0.506. The van der Waals surface area contributed by atoms with Crippen molar-refractivity contribution in [2.75, 3.05) is 19.6 Å². The van der Waals surface area contributed by atoms with Crippen LogP contribution in [0.25, 0.3) is 0 Å². The number of aryl methyl sites for hydroxylation is 1. The Morgan fingerprint density at radius 2 is 1.95 bits per heavy atom. The zero-order valence-corrected chi connectivity index (χ0v) is 13.4. The Bertz CT molecular complexity index is 402. The molecule has 1 aliphatic carbocycles. The molecule has 2 nitrogen and oxygen atoms in total. The summed E-state index contributed by atoms with van der Waals surface area (Å²) in [5.74, 6) is 0. The quantitative estimate of drug-likeness (QED) is 0.814. The lowest BCUT2D eigenvalue weighted by atomic mass is 9.83. The van der Waals surface area contributed by atoms with Crippen LogP contribution in [0, 0.1) is 0 Å². The lowest BCUT2D eigenvalue weighted by Crippen LogP contribution is -2.47. The first-order valence-corrected chi connectivity index (χ1v) is 8.37. The number of rotatable bonds is 7. The molecule has 20 heavy (non-hydrogen) atoms. The van der Waals surface area contributed by atoms with Gasteiger partial charge in [-0.25, -0.2) is 0 Å². The number of nitrogens with one attached hydrogen (secondary N) is 1. The largest absolute Gasteiger partial charge is 0.309 e. The van der Waals surface area contributed by atoms with E-state index in [1.807, 2.05) is 0 Å². The van der Waals surface area contributed by atoms with Gasteiger partial charge in [-0.3, -0.25) is 4.90 Å². The second kappa shape index (κ2) is 7.80. The van der Waals surface area contributed by atoms with Gasteiger partial charge in [-0.1, -0.05) is 45.0 Å². The Labute approximate surface area is 124 Å². The maximum atomic E-state index is 3.81. The molecule has 1 aliphatic rings. The van der Waals surface area contributed by atoms with E-state index in [4.69, 9.17) is 0 Å². The van der Waals surface area contributed by atoms with E-state index < -0.39 is 0 Å². The third-order valence-electron chi connectivity index (χ3n) is 4.48. The van der Waals surface area contributed by atoms with E-state index in [1.54, 1.807) is 5.56 Å². The van der Waals surface area contributed by atoms with Crippen LogP contribution in [0.4, 0.5) is 0 Å². The summed E-state index contributed by atoms with van der Waals surface area (Å²) >= 11 is 0. The van der Waals surface area contributed by atoms with E-state index in [0.29, 0.717) is 12.1 Å². The van der Waals surface area contributed by atoms with Gasteiger partial charge in [0.15, 0.2) is 0 Å². The first-order valence-electron chi connectivity index (χ1n) is 8.37. The summed E-state index contributed by atoms with van der Waals surface area (Å²) in [7, 11) is 0. The molecule has 2 heteroatoms. The highest BCUT2D eigenvalue weighted by atomic mass is 15.2. The lowest BCUT2D eigenvalue weighted by Gasteiger charge is -2.41. The second-order valence-corrected chi connectivity index (χ2v) is 5.87. The predicted molar refractivity (Wildman–Crippen MR) is 87.1 cm³/mol. The molecule has 2 unspecified atom stereocenters. The van der Waals surface area contributed by atoms with E-state index in [-0.39, 0.29) is 0 Å². The van der Waals surface area contributed by atoms with Crippen LogP contribution >= 0.6 is 0 Å². The predicted octanol–water partition coefficient (Wildman–Crippen LogP) is 3.77. The average Bonchev–Trinajstić information content (AvgIpc) is 2.50. The molecule has 0 aromatic heterocycles. The molecule has 112 valence electrons. The number of benzene rings is 1. The highest BCUT2D eigenvalue weighted by Gasteiger charge is 2.31. The van der Waals surface area contributed by atoms with Crippen molar-refractivity contribution in [1.82, 2.24) is 10.2 Å². The molecule has 1 aromatic rings. The van der Waals surface area contributed by atoms with Crippen LogP contribution in [0.3, 0.4) is 0 Å². The Morgan fingerprint density at radius 3 is 2.65 bits per heavy atom. The summed E-state index contributed by atoms with van der Waals surface area (Å²) in [6, 6.07) is 10.2. The maximum absolute atomic E-state index is 3.81. The summed E-state index contributed by atoms with van der Waals surface area (Å²) in [6.07, 6.45) is 4.95. The number of nitrogens with zero attached hydrogens (tertiary/aromatic N) is 1. The van der Waals surface area contributed by atoms with Gasteiger partial charge in [0, 0.05) is 12.1 Å². The summed E-state index contributed by atoms with van der Waals surface area (Å²) in [4.78, 5) is 2.67. The SMILES string of the molecule is CCCNC1c2ccccc2CCC1N(CC)CCC. The summed E-state index contributed by atoms with van der Waals surface area (Å²) in [6.45, 7) is 10.3. The van der Waals surface area contributed by atoms with Gasteiger partial charge in [0.25, 0.3) is 0 Å². The van der Waals surface area contributed by atoms with Crippen molar-refractivity contribution in [3.8, 4) is 0 Å². The van der Waals surface area contributed by atoms with Crippen molar-refractivity contribution in [2.24, 2.45) is 0 Å². The van der Waals surface area contributed by atoms with Crippen molar-refractivity contribution in [3.63, 3.8) is 0 Å². The monoisotopic (exact) mass is 274 g/mol.